The van der Waals surface area contributed by atoms with Crippen LogP contribution in [0.25, 0.3) is 0 Å². The molecular weight excluding hydrogens is 324 g/mol. The molecule has 0 unspecified atom stereocenters. The van der Waals surface area contributed by atoms with Crippen LogP contribution in [0.15, 0.2) is 48.5 Å². The van der Waals surface area contributed by atoms with Crippen LogP contribution >= 0.6 is 0 Å². The first-order valence-electron chi connectivity index (χ1n) is 8.92. The summed E-state index contributed by atoms with van der Waals surface area (Å²) in [4.78, 5) is 25.9. The molecule has 0 radical (unpaired) electrons. The maximum absolute atomic E-state index is 12.2. The van der Waals surface area contributed by atoms with Crippen LogP contribution in [-0.4, -0.2) is 24.9 Å². The molecule has 1 N–H and O–H groups in total. The summed E-state index contributed by atoms with van der Waals surface area (Å²) in [7, 11) is 0. The highest BCUT2D eigenvalue weighted by atomic mass is 16.2. The van der Waals surface area contributed by atoms with Gasteiger partial charge in [0.15, 0.2) is 0 Å². The lowest BCUT2D eigenvalue weighted by molar-refractivity contribution is -0.116. The molecule has 2 amide bonds. The Balaban J connectivity index is 2.00. The van der Waals surface area contributed by atoms with Gasteiger partial charge in [-0.2, -0.15) is 0 Å². The second kappa shape index (κ2) is 8.17. The molecule has 0 bridgehead atoms. The van der Waals surface area contributed by atoms with Crippen molar-refractivity contribution in [3.63, 3.8) is 0 Å². The van der Waals surface area contributed by atoms with Gasteiger partial charge in [-0.25, -0.2) is 0 Å². The minimum atomic E-state index is -0.125. The summed E-state index contributed by atoms with van der Waals surface area (Å²) in [5.41, 5.74) is 3.81. The van der Waals surface area contributed by atoms with E-state index in [4.69, 9.17) is 0 Å². The second-order valence-electron chi connectivity index (χ2n) is 7.59. The van der Waals surface area contributed by atoms with E-state index in [9.17, 15) is 9.59 Å². The maximum atomic E-state index is 12.2. The van der Waals surface area contributed by atoms with Gasteiger partial charge in [0.2, 0.25) is 5.91 Å². The minimum Gasteiger partial charge on any atom is -0.350 e. The van der Waals surface area contributed by atoms with Gasteiger partial charge in [-0.3, -0.25) is 9.59 Å². The van der Waals surface area contributed by atoms with Crippen LogP contribution in [0.4, 0.5) is 5.69 Å². The topological polar surface area (TPSA) is 49.4 Å². The smallest absolute Gasteiger partial charge is 0.251 e. The summed E-state index contributed by atoms with van der Waals surface area (Å²) >= 11 is 0. The first-order valence-corrected chi connectivity index (χ1v) is 8.92. The highest BCUT2D eigenvalue weighted by molar-refractivity contribution is 5.95. The van der Waals surface area contributed by atoms with Gasteiger partial charge >= 0.3 is 0 Å². The van der Waals surface area contributed by atoms with E-state index >= 15 is 0 Å². The van der Waals surface area contributed by atoms with Crippen molar-refractivity contribution in [1.29, 1.82) is 0 Å². The third-order valence-electron chi connectivity index (χ3n) is 4.33. The van der Waals surface area contributed by atoms with Crippen LogP contribution in [0.2, 0.25) is 0 Å². The molecule has 0 spiro atoms. The molecule has 0 aliphatic rings. The Labute approximate surface area is 156 Å². The molecule has 0 saturated heterocycles. The van der Waals surface area contributed by atoms with Gasteiger partial charge in [-0.1, -0.05) is 50.6 Å². The zero-order valence-electron chi connectivity index (χ0n) is 16.3. The standard InChI is InChI=1S/C22H28N2O2/c1-16-7-6-8-18(15-16)21(26)23-13-14-24(17(2)25)20-11-9-19(10-12-20)22(3,4)5/h6-12,15H,13-14H2,1-5H3,(H,23,26). The third kappa shape index (κ3) is 5.19. The van der Waals surface area contributed by atoms with Gasteiger partial charge in [-0.15, -0.1) is 0 Å². The average molecular weight is 352 g/mol. The molecule has 2 aromatic carbocycles. The summed E-state index contributed by atoms with van der Waals surface area (Å²) in [6.45, 7) is 10.8. The summed E-state index contributed by atoms with van der Waals surface area (Å²) in [6.07, 6.45) is 0. The number of aryl methyl sites for hydroxylation is 1. The molecular formula is C22H28N2O2. The SMILES string of the molecule is CC(=O)N(CCNC(=O)c1cccc(C)c1)c1ccc(C(C)(C)C)cc1. The number of nitrogens with zero attached hydrogens (tertiary/aromatic N) is 1. The van der Waals surface area contributed by atoms with E-state index in [1.165, 1.54) is 5.56 Å². The van der Waals surface area contributed by atoms with Gasteiger partial charge in [-0.05, 0) is 42.2 Å². The number of rotatable bonds is 5. The van der Waals surface area contributed by atoms with Crippen molar-refractivity contribution in [3.8, 4) is 0 Å². The first kappa shape index (κ1) is 19.7. The van der Waals surface area contributed by atoms with Gasteiger partial charge in [0, 0.05) is 31.3 Å². The van der Waals surface area contributed by atoms with E-state index in [1.54, 1.807) is 17.9 Å². The van der Waals surface area contributed by atoms with Crippen molar-refractivity contribution in [3.05, 3.63) is 65.2 Å². The largest absolute Gasteiger partial charge is 0.350 e. The number of hydrogen-bond donors (Lipinski definition) is 1. The highest BCUT2D eigenvalue weighted by Crippen LogP contribution is 2.25. The zero-order chi connectivity index (χ0) is 19.3. The molecule has 0 atom stereocenters. The predicted molar refractivity (Wildman–Crippen MR) is 107 cm³/mol. The van der Waals surface area contributed by atoms with Crippen molar-refractivity contribution in [1.82, 2.24) is 5.32 Å². The van der Waals surface area contributed by atoms with Crippen LogP contribution in [0.5, 0.6) is 0 Å². The molecule has 0 fully saturated rings. The maximum Gasteiger partial charge on any atom is 0.251 e. The summed E-state index contributed by atoms with van der Waals surface area (Å²) < 4.78 is 0. The van der Waals surface area contributed by atoms with Gasteiger partial charge in [0.25, 0.3) is 5.91 Å². The number of carbonyl (C=O) groups is 2. The number of carbonyl (C=O) groups excluding carboxylic acids is 2. The van der Waals surface area contributed by atoms with Crippen LogP contribution in [0, 0.1) is 6.92 Å². The molecule has 0 aliphatic heterocycles. The summed E-state index contributed by atoms with van der Waals surface area (Å²) in [5.74, 6) is -0.168. The number of nitrogens with one attached hydrogen (secondary N) is 1. The van der Waals surface area contributed by atoms with E-state index < -0.39 is 0 Å². The summed E-state index contributed by atoms with van der Waals surface area (Å²) in [5, 5.41) is 2.88. The Hall–Kier alpha value is -2.62. The Bertz CT molecular complexity index is 773. The third-order valence-corrected chi connectivity index (χ3v) is 4.33. The van der Waals surface area contributed by atoms with E-state index in [1.807, 2.05) is 37.3 Å². The fourth-order valence-corrected chi connectivity index (χ4v) is 2.78. The molecule has 0 aromatic heterocycles. The minimum absolute atomic E-state index is 0.0432. The zero-order valence-corrected chi connectivity index (χ0v) is 16.3. The normalized spacial score (nSPS) is 11.1. The van der Waals surface area contributed by atoms with Crippen molar-refractivity contribution in [2.24, 2.45) is 0 Å². The lowest BCUT2D eigenvalue weighted by Gasteiger charge is -2.24. The molecule has 2 rings (SSSR count). The number of anilines is 1. The number of benzene rings is 2. The molecule has 0 heterocycles. The van der Waals surface area contributed by atoms with E-state index in [2.05, 4.69) is 38.2 Å². The highest BCUT2D eigenvalue weighted by Gasteiger charge is 2.16. The number of amides is 2. The molecule has 2 aromatic rings. The van der Waals surface area contributed by atoms with Crippen LogP contribution in [-0.2, 0) is 10.2 Å². The molecule has 26 heavy (non-hydrogen) atoms. The fraction of sp³-hybridized carbons (Fsp3) is 0.364. The van der Waals surface area contributed by atoms with Gasteiger partial charge in [0.05, 0.1) is 0 Å². The Morgan fingerprint density at radius 3 is 2.23 bits per heavy atom. The lowest BCUT2D eigenvalue weighted by atomic mass is 9.87. The molecule has 0 saturated carbocycles. The quantitative estimate of drug-likeness (QED) is 0.882. The summed E-state index contributed by atoms with van der Waals surface area (Å²) in [6, 6.07) is 15.5. The predicted octanol–water partition coefficient (Wildman–Crippen LogP) is 4.08. The molecule has 0 aliphatic carbocycles. The van der Waals surface area contributed by atoms with Crippen LogP contribution in [0.1, 0.15) is 49.2 Å². The van der Waals surface area contributed by atoms with Crippen molar-refractivity contribution in [2.75, 3.05) is 18.0 Å². The van der Waals surface area contributed by atoms with Crippen molar-refractivity contribution >= 4 is 17.5 Å². The first-order chi connectivity index (χ1) is 12.2. The van der Waals surface area contributed by atoms with E-state index in [-0.39, 0.29) is 17.2 Å². The fourth-order valence-electron chi connectivity index (χ4n) is 2.78. The van der Waals surface area contributed by atoms with E-state index in [0.29, 0.717) is 18.7 Å². The molecule has 4 heteroatoms. The Morgan fingerprint density at radius 2 is 1.69 bits per heavy atom. The lowest BCUT2D eigenvalue weighted by Crippen LogP contribution is -2.37. The Kier molecular flexibility index (Phi) is 6.19. The van der Waals surface area contributed by atoms with Crippen molar-refractivity contribution < 1.29 is 9.59 Å². The van der Waals surface area contributed by atoms with Crippen LogP contribution in [0.3, 0.4) is 0 Å². The van der Waals surface area contributed by atoms with Gasteiger partial charge in [0.1, 0.15) is 0 Å². The Morgan fingerprint density at radius 1 is 1.04 bits per heavy atom. The number of hydrogen-bond acceptors (Lipinski definition) is 2. The molecule has 4 nitrogen and oxygen atoms in total. The monoisotopic (exact) mass is 352 g/mol. The average Bonchev–Trinajstić information content (AvgIpc) is 2.57. The van der Waals surface area contributed by atoms with E-state index in [0.717, 1.165) is 11.3 Å². The van der Waals surface area contributed by atoms with Crippen LogP contribution < -0.4 is 10.2 Å². The molecule has 138 valence electrons. The second-order valence-corrected chi connectivity index (χ2v) is 7.59. The van der Waals surface area contributed by atoms with Crippen molar-refractivity contribution in [2.45, 2.75) is 40.0 Å². The van der Waals surface area contributed by atoms with Gasteiger partial charge < -0.3 is 10.2 Å².